The molecule has 3 heterocycles. The number of Topliss-reactive ketones (excluding diaryl/α,β-unsaturated/α-hetero) is 2. The molecule has 2 aromatic heterocycles. The average Bonchev–Trinajstić information content (AvgIpc) is 1.55. The van der Waals surface area contributed by atoms with Gasteiger partial charge >= 0.3 is 20.2 Å². The number of ether oxygens (including phenoxy) is 2. The molecule has 0 unspecified atom stereocenters. The molecule has 0 amide bonds. The molecular weight excluding hydrogens is 1490 g/mol. The summed E-state index contributed by atoms with van der Waals surface area (Å²) in [5.74, 6) is -0.0852. The highest BCUT2D eigenvalue weighted by Gasteiger charge is 2.67. The van der Waals surface area contributed by atoms with Gasteiger partial charge in [-0.1, -0.05) is 249 Å². The van der Waals surface area contributed by atoms with E-state index < -0.39 is 85.9 Å². The van der Waals surface area contributed by atoms with Crippen molar-refractivity contribution in [3.8, 4) is 34.5 Å². The van der Waals surface area contributed by atoms with E-state index in [2.05, 4.69) is 185 Å². The lowest BCUT2D eigenvalue weighted by Gasteiger charge is -2.36. The third-order valence-electron chi connectivity index (χ3n) is 27.9. The van der Waals surface area contributed by atoms with Crippen LogP contribution in [0.4, 0.5) is 0 Å². The summed E-state index contributed by atoms with van der Waals surface area (Å²) in [6.45, 7) is 46.7. The van der Waals surface area contributed by atoms with Crippen LogP contribution >= 0.6 is 0 Å². The molecule has 9 aromatic rings. The Morgan fingerprint density at radius 1 is 0.379 bits per heavy atom. The first-order valence-corrected chi connectivity index (χ1v) is 45.1. The Hall–Kier alpha value is -8.60. The van der Waals surface area contributed by atoms with Gasteiger partial charge in [0.2, 0.25) is 0 Å². The number of phenols is 2. The largest absolute Gasteiger partial charge is 0.507 e. The summed E-state index contributed by atoms with van der Waals surface area (Å²) in [6.07, 6.45) is 3.17. The smallest absolute Gasteiger partial charge is 0.310 e. The van der Waals surface area contributed by atoms with Gasteiger partial charge in [0.05, 0.1) is 44.8 Å². The highest BCUT2D eigenvalue weighted by atomic mass is 32.2. The number of fused-ring (bicyclic) bond motifs is 12. The van der Waals surface area contributed by atoms with Gasteiger partial charge in [-0.2, -0.15) is 16.8 Å². The lowest BCUT2D eigenvalue weighted by Crippen LogP contribution is -2.43. The van der Waals surface area contributed by atoms with Gasteiger partial charge in [-0.25, -0.2) is 9.97 Å². The van der Waals surface area contributed by atoms with Crippen molar-refractivity contribution in [1.29, 1.82) is 0 Å². The van der Waals surface area contributed by atoms with Crippen LogP contribution in [0.15, 0.2) is 109 Å². The zero-order chi connectivity index (χ0) is 83.9. The van der Waals surface area contributed by atoms with Crippen LogP contribution in [0.3, 0.4) is 0 Å². The number of phenolic OH excluding ortho intramolecular Hbond substituents is 2. The van der Waals surface area contributed by atoms with Gasteiger partial charge < -0.3 is 28.1 Å². The zero-order valence-corrected chi connectivity index (χ0v) is 74.2. The molecule has 0 radical (unpaired) electrons. The summed E-state index contributed by atoms with van der Waals surface area (Å²) in [6, 6.07) is 37.2. The number of nitrogens with zero attached hydrogens (tertiary/aromatic N) is 2. The molecule has 16 heteroatoms. The van der Waals surface area contributed by atoms with E-state index in [9.17, 15) is 19.8 Å². The molecule has 4 saturated carbocycles. The Balaban J connectivity index is 1.08. The molecule has 22 bridgehead atoms. The SMILES string of the molecule is CC(C)(C)c1cc2c(O)c(c1)Cc1cc(C(C)(C)C)cc3c1OCc1ccc4ccc5ccc(nc5c4n1)COc1c(cc(C(C)(C)C)cc1Cc1cc(C(C)(C)C)cc(c1O)Cc1cc(C(C)(C)C)cc(c1OS(=O)(=O)C[C@]14CC[C@H](CC1=O)C4(C)C)Cc1cc(C(C)(C)C)cc(c1OS(=O)(=O)C[C@]14CC[C@H](CC1=O)C4(C)C)C3)C2. The molecule has 116 heavy (non-hydrogen) atoms. The third kappa shape index (κ3) is 15.0. The first-order chi connectivity index (χ1) is 53.7. The van der Waals surface area contributed by atoms with Gasteiger partial charge in [0, 0.05) is 84.4 Å². The van der Waals surface area contributed by atoms with Crippen molar-refractivity contribution in [2.45, 2.75) is 275 Å². The summed E-state index contributed by atoms with van der Waals surface area (Å²) < 4.78 is 93.3. The van der Waals surface area contributed by atoms with E-state index in [0.29, 0.717) is 110 Å². The second kappa shape index (κ2) is 28.0. The number of ketones is 2. The van der Waals surface area contributed by atoms with Crippen LogP contribution in [0, 0.1) is 33.5 Å². The molecule has 4 atom stereocenters. The molecule has 2 N–H and O–H groups in total. The fourth-order valence-corrected chi connectivity index (χ4v) is 23.6. The van der Waals surface area contributed by atoms with Gasteiger partial charge in [0.25, 0.3) is 0 Å². The van der Waals surface area contributed by atoms with Crippen LogP contribution < -0.4 is 17.8 Å². The molecule has 14 nitrogen and oxygen atoms in total. The van der Waals surface area contributed by atoms with Crippen molar-refractivity contribution in [2.24, 2.45) is 33.5 Å². The fourth-order valence-electron chi connectivity index (χ4n) is 20.0. The van der Waals surface area contributed by atoms with Gasteiger partial charge in [-0.3, -0.25) is 9.59 Å². The second-order valence-corrected chi connectivity index (χ2v) is 45.8. The number of carbonyl (C=O) groups excluding carboxylic acids is 2. The Kier molecular flexibility index (Phi) is 19.9. The second-order valence-electron chi connectivity index (χ2n) is 42.6. The quantitative estimate of drug-likeness (QED) is 0.107. The first kappa shape index (κ1) is 82.5. The van der Waals surface area contributed by atoms with Crippen molar-refractivity contribution in [1.82, 2.24) is 9.97 Å². The van der Waals surface area contributed by atoms with Crippen molar-refractivity contribution in [3.05, 3.63) is 221 Å². The minimum atomic E-state index is -4.74. The normalized spacial score (nSPS) is 21.0. The number of carbonyl (C=O) groups is 2. The van der Waals surface area contributed by atoms with Gasteiger partial charge in [-0.05, 0) is 171 Å². The van der Waals surface area contributed by atoms with E-state index in [1.165, 1.54) is 0 Å². The standard InChI is InChI=1S/C100H120N2O12S2/c1-91(2,3)73-39-59-33-63-43-75(93(7,8)9)44-64-34-61-41-74(92(4,5)6)42-62(86(61)106)36-67-47-77(95(13,14)15)49-69(89(67)113-115(107,108)55-99-31-29-71(51-81(99)103)97(99,19)20)38-70-50-78(96(16,17)18)48-68(90(70)114-116(109,110)56-100-32-30-72(52-82(100)104)98(100,21)22)37-66-46-76(94(10,11)12)45-65(35-60(40-73)85(59)105)88(66)112-54-80-28-26-58-24-23-57-25-27-79(53-111-87(63)64)101-83(57)84(58)102-80/h23-28,39-50,71-72,105-106H,29-38,51-56H2,1-22H3/t71-,72-,99-,100-/m1/s1. The summed E-state index contributed by atoms with van der Waals surface area (Å²) in [5.41, 5.74) is 8.46. The Labute approximate surface area is 689 Å². The molecule has 0 spiro atoms. The Morgan fingerprint density at radius 2 is 0.621 bits per heavy atom. The molecule has 4 fully saturated rings. The summed E-state index contributed by atoms with van der Waals surface area (Å²) >= 11 is 0. The van der Waals surface area contributed by atoms with Crippen LogP contribution in [0.25, 0.3) is 21.8 Å². The lowest BCUT2D eigenvalue weighted by atomic mass is 9.70. The minimum Gasteiger partial charge on any atom is -0.507 e. The maximum absolute atomic E-state index is 16.2. The van der Waals surface area contributed by atoms with E-state index in [-0.39, 0.29) is 111 Å². The number of rotatable bonds is 8. The number of aromatic hydroxyl groups is 2. The third-order valence-corrected chi connectivity index (χ3v) is 30.4. The van der Waals surface area contributed by atoms with Crippen molar-refractivity contribution in [3.63, 3.8) is 0 Å². The number of hydrogen-bond acceptors (Lipinski definition) is 14. The summed E-state index contributed by atoms with van der Waals surface area (Å²) in [4.78, 5) is 40.0. The van der Waals surface area contributed by atoms with Crippen molar-refractivity contribution < 1.29 is 54.5 Å². The zero-order valence-electron chi connectivity index (χ0n) is 72.5. The van der Waals surface area contributed by atoms with Crippen LogP contribution in [-0.2, 0) is 114 Å². The Morgan fingerprint density at radius 3 is 0.879 bits per heavy atom. The highest BCUT2D eigenvalue weighted by Crippen LogP contribution is 2.66. The van der Waals surface area contributed by atoms with E-state index in [0.717, 1.165) is 60.8 Å². The lowest BCUT2D eigenvalue weighted by molar-refractivity contribution is -0.128. The Bertz CT molecular complexity index is 5820. The molecule has 1 aliphatic heterocycles. The van der Waals surface area contributed by atoms with Gasteiger partial charge in [0.1, 0.15) is 59.3 Å². The summed E-state index contributed by atoms with van der Waals surface area (Å²) in [7, 11) is -9.46. The fraction of sp³-hybridized carbons (Fsp3) is 0.500. The van der Waals surface area contributed by atoms with Crippen LogP contribution in [0.1, 0.15) is 302 Å². The molecule has 6 aliphatic rings. The molecule has 7 aromatic carbocycles. The number of aromatic nitrogens is 2. The van der Waals surface area contributed by atoms with Crippen LogP contribution in [-0.4, -0.2) is 60.1 Å². The predicted molar refractivity (Wildman–Crippen MR) is 463 cm³/mol. The molecule has 0 saturated heterocycles. The number of benzene rings is 7. The predicted octanol–water partition coefficient (Wildman–Crippen LogP) is 21.5. The monoisotopic (exact) mass is 1600 g/mol. The molecule has 15 rings (SSSR count). The minimum absolute atomic E-state index is 0.00191. The molecular formula is C100H120N2O12S2. The van der Waals surface area contributed by atoms with E-state index in [4.69, 9.17) is 27.8 Å². The van der Waals surface area contributed by atoms with Crippen molar-refractivity contribution in [2.75, 3.05) is 11.5 Å². The first-order valence-electron chi connectivity index (χ1n) is 41.9. The maximum Gasteiger partial charge on any atom is 0.310 e. The molecule has 5 aliphatic carbocycles. The topological polar surface area (TPSA) is 206 Å². The number of pyridine rings is 2. The van der Waals surface area contributed by atoms with Gasteiger partial charge in [-0.15, -0.1) is 0 Å². The van der Waals surface area contributed by atoms with Crippen LogP contribution in [0.5, 0.6) is 34.5 Å². The summed E-state index contributed by atoms with van der Waals surface area (Å²) in [5, 5.41) is 29.1. The van der Waals surface area contributed by atoms with E-state index in [1.54, 1.807) is 0 Å². The average molecular weight is 1610 g/mol. The highest BCUT2D eigenvalue weighted by molar-refractivity contribution is 7.87. The van der Waals surface area contributed by atoms with Crippen molar-refractivity contribution >= 4 is 53.6 Å². The number of hydrogen-bond donors (Lipinski definition) is 2. The van der Waals surface area contributed by atoms with Gasteiger partial charge in [0.15, 0.2) is 0 Å². The van der Waals surface area contributed by atoms with Crippen LogP contribution in [0.2, 0.25) is 0 Å². The van der Waals surface area contributed by atoms with E-state index >= 15 is 16.8 Å². The maximum atomic E-state index is 16.2. The van der Waals surface area contributed by atoms with E-state index in [1.807, 2.05) is 76.2 Å². The molecule has 614 valence electrons.